The molecule has 108 valence electrons. The van der Waals surface area contributed by atoms with Crippen molar-refractivity contribution in [2.24, 2.45) is 0 Å². The van der Waals surface area contributed by atoms with Crippen LogP contribution in [-0.4, -0.2) is 42.5 Å². The first kappa shape index (κ1) is 17.2. The molecule has 0 saturated carbocycles. The van der Waals surface area contributed by atoms with E-state index in [1.807, 2.05) is 20.8 Å². The third-order valence-corrected chi connectivity index (χ3v) is 2.17. The number of carbonyl (C=O) groups is 1. The standard InChI is InChI=1S/C13H28N2O3/c1-11(16)7-5-8-14-9-6-10-15-12(17)18-13(2,3)4/h11,14,16H,5-10H2,1-4H3,(H,15,17). The molecule has 0 aliphatic carbocycles. The highest BCUT2D eigenvalue weighted by Crippen LogP contribution is 2.06. The van der Waals surface area contributed by atoms with Gasteiger partial charge < -0.3 is 20.5 Å². The average Bonchev–Trinajstić information content (AvgIpc) is 2.18. The number of aliphatic hydroxyl groups is 1. The average molecular weight is 260 g/mol. The molecule has 0 rings (SSSR count). The van der Waals surface area contributed by atoms with Crippen LogP contribution in [0.25, 0.3) is 0 Å². The van der Waals surface area contributed by atoms with Gasteiger partial charge >= 0.3 is 6.09 Å². The number of aliphatic hydroxyl groups excluding tert-OH is 1. The first-order chi connectivity index (χ1) is 8.31. The van der Waals surface area contributed by atoms with Gasteiger partial charge in [0.05, 0.1) is 6.10 Å². The lowest BCUT2D eigenvalue weighted by molar-refractivity contribution is 0.0527. The van der Waals surface area contributed by atoms with Crippen LogP contribution < -0.4 is 10.6 Å². The van der Waals surface area contributed by atoms with Gasteiger partial charge in [0.25, 0.3) is 0 Å². The van der Waals surface area contributed by atoms with Crippen molar-refractivity contribution in [3.63, 3.8) is 0 Å². The summed E-state index contributed by atoms with van der Waals surface area (Å²) in [7, 11) is 0. The van der Waals surface area contributed by atoms with Gasteiger partial charge in [-0.1, -0.05) is 0 Å². The smallest absolute Gasteiger partial charge is 0.407 e. The molecule has 0 spiro atoms. The number of amides is 1. The molecule has 0 aromatic rings. The Kier molecular flexibility index (Phi) is 8.75. The summed E-state index contributed by atoms with van der Waals surface area (Å²) in [6, 6.07) is 0. The minimum atomic E-state index is -0.441. The van der Waals surface area contributed by atoms with E-state index in [0.29, 0.717) is 6.54 Å². The molecule has 1 atom stereocenters. The van der Waals surface area contributed by atoms with Crippen molar-refractivity contribution < 1.29 is 14.6 Å². The molecule has 0 saturated heterocycles. The molecule has 1 unspecified atom stereocenters. The number of hydrogen-bond donors (Lipinski definition) is 3. The highest BCUT2D eigenvalue weighted by atomic mass is 16.6. The summed E-state index contributed by atoms with van der Waals surface area (Å²) in [5, 5.41) is 15.0. The normalized spacial score (nSPS) is 13.2. The Morgan fingerprint density at radius 2 is 1.83 bits per heavy atom. The Balaban J connectivity index is 3.28. The predicted octanol–water partition coefficient (Wildman–Crippen LogP) is 1.65. The number of nitrogens with one attached hydrogen (secondary N) is 2. The molecule has 18 heavy (non-hydrogen) atoms. The maximum atomic E-state index is 11.3. The van der Waals surface area contributed by atoms with Crippen molar-refractivity contribution in [1.29, 1.82) is 0 Å². The minimum absolute atomic E-state index is 0.222. The number of ether oxygens (including phenoxy) is 1. The summed E-state index contributed by atoms with van der Waals surface area (Å²) in [6.07, 6.45) is 2.08. The molecule has 0 bridgehead atoms. The summed E-state index contributed by atoms with van der Waals surface area (Å²) in [5.74, 6) is 0. The van der Waals surface area contributed by atoms with Crippen LogP contribution in [0.3, 0.4) is 0 Å². The van der Waals surface area contributed by atoms with Gasteiger partial charge in [0.1, 0.15) is 5.60 Å². The zero-order valence-corrected chi connectivity index (χ0v) is 12.1. The number of hydrogen-bond acceptors (Lipinski definition) is 4. The molecule has 0 heterocycles. The summed E-state index contributed by atoms with van der Waals surface area (Å²) < 4.78 is 5.11. The Morgan fingerprint density at radius 1 is 1.22 bits per heavy atom. The monoisotopic (exact) mass is 260 g/mol. The fourth-order valence-electron chi connectivity index (χ4n) is 1.37. The van der Waals surface area contributed by atoms with Gasteiger partial charge in [-0.2, -0.15) is 0 Å². The van der Waals surface area contributed by atoms with Crippen molar-refractivity contribution in [3.8, 4) is 0 Å². The second kappa shape index (κ2) is 9.16. The quantitative estimate of drug-likeness (QED) is 0.580. The lowest BCUT2D eigenvalue weighted by atomic mass is 10.2. The van der Waals surface area contributed by atoms with Gasteiger partial charge in [-0.15, -0.1) is 0 Å². The minimum Gasteiger partial charge on any atom is -0.444 e. The zero-order valence-electron chi connectivity index (χ0n) is 12.1. The highest BCUT2D eigenvalue weighted by molar-refractivity contribution is 5.67. The highest BCUT2D eigenvalue weighted by Gasteiger charge is 2.15. The van der Waals surface area contributed by atoms with Crippen molar-refractivity contribution in [1.82, 2.24) is 10.6 Å². The number of carbonyl (C=O) groups excluding carboxylic acids is 1. The van der Waals surface area contributed by atoms with Crippen LogP contribution in [0, 0.1) is 0 Å². The van der Waals surface area contributed by atoms with E-state index in [1.54, 1.807) is 6.92 Å². The molecule has 3 N–H and O–H groups in total. The van der Waals surface area contributed by atoms with Crippen LogP contribution in [0.4, 0.5) is 4.79 Å². The molecule has 0 aromatic carbocycles. The van der Waals surface area contributed by atoms with Gasteiger partial charge in [0.2, 0.25) is 0 Å². The van der Waals surface area contributed by atoms with E-state index in [-0.39, 0.29) is 12.2 Å². The SMILES string of the molecule is CC(O)CCCNCCCNC(=O)OC(C)(C)C. The van der Waals surface area contributed by atoms with Crippen LogP contribution in [0.5, 0.6) is 0 Å². The Morgan fingerprint density at radius 3 is 2.39 bits per heavy atom. The summed E-state index contributed by atoms with van der Waals surface area (Å²) in [6.45, 7) is 9.69. The molecule has 0 aliphatic rings. The number of alkyl carbamates (subject to hydrolysis) is 1. The zero-order chi connectivity index (χ0) is 14.0. The van der Waals surface area contributed by atoms with E-state index in [0.717, 1.165) is 32.4 Å². The Hall–Kier alpha value is -0.810. The van der Waals surface area contributed by atoms with E-state index in [1.165, 1.54) is 0 Å². The van der Waals surface area contributed by atoms with Crippen molar-refractivity contribution in [2.75, 3.05) is 19.6 Å². The van der Waals surface area contributed by atoms with Gasteiger partial charge in [0, 0.05) is 6.54 Å². The predicted molar refractivity (Wildman–Crippen MR) is 72.6 cm³/mol. The molecule has 5 nitrogen and oxygen atoms in total. The lowest BCUT2D eigenvalue weighted by Crippen LogP contribution is -2.34. The fraction of sp³-hybridized carbons (Fsp3) is 0.923. The largest absolute Gasteiger partial charge is 0.444 e. The van der Waals surface area contributed by atoms with E-state index in [2.05, 4.69) is 10.6 Å². The third-order valence-electron chi connectivity index (χ3n) is 2.17. The molecular formula is C13H28N2O3. The van der Waals surface area contributed by atoms with Crippen LogP contribution >= 0.6 is 0 Å². The van der Waals surface area contributed by atoms with E-state index in [9.17, 15) is 4.79 Å². The van der Waals surface area contributed by atoms with E-state index in [4.69, 9.17) is 9.84 Å². The fourth-order valence-corrected chi connectivity index (χ4v) is 1.37. The van der Waals surface area contributed by atoms with Gasteiger partial charge in [-0.05, 0) is 60.0 Å². The van der Waals surface area contributed by atoms with Crippen LogP contribution in [0.15, 0.2) is 0 Å². The Bertz CT molecular complexity index is 225. The first-order valence-electron chi connectivity index (χ1n) is 6.67. The first-order valence-corrected chi connectivity index (χ1v) is 6.67. The summed E-state index contributed by atoms with van der Waals surface area (Å²) in [5.41, 5.74) is -0.441. The molecule has 0 aromatic heterocycles. The molecule has 1 amide bonds. The molecule has 5 heteroatoms. The summed E-state index contributed by atoms with van der Waals surface area (Å²) in [4.78, 5) is 11.3. The lowest BCUT2D eigenvalue weighted by Gasteiger charge is -2.19. The second-order valence-electron chi connectivity index (χ2n) is 5.52. The van der Waals surface area contributed by atoms with Crippen molar-refractivity contribution >= 4 is 6.09 Å². The molecule has 0 radical (unpaired) electrons. The van der Waals surface area contributed by atoms with E-state index >= 15 is 0 Å². The van der Waals surface area contributed by atoms with Crippen LogP contribution in [0.2, 0.25) is 0 Å². The van der Waals surface area contributed by atoms with E-state index < -0.39 is 5.60 Å². The maximum Gasteiger partial charge on any atom is 0.407 e. The Labute approximate surface area is 110 Å². The van der Waals surface area contributed by atoms with Gasteiger partial charge in [-0.3, -0.25) is 0 Å². The maximum absolute atomic E-state index is 11.3. The molecular weight excluding hydrogens is 232 g/mol. The summed E-state index contributed by atoms with van der Waals surface area (Å²) >= 11 is 0. The number of rotatable bonds is 8. The second-order valence-corrected chi connectivity index (χ2v) is 5.52. The van der Waals surface area contributed by atoms with Crippen molar-refractivity contribution in [2.45, 2.75) is 58.7 Å². The van der Waals surface area contributed by atoms with Gasteiger partial charge in [-0.25, -0.2) is 4.79 Å². The molecule has 0 aliphatic heterocycles. The van der Waals surface area contributed by atoms with Crippen LogP contribution in [0.1, 0.15) is 47.0 Å². The third kappa shape index (κ3) is 13.3. The molecule has 0 fully saturated rings. The van der Waals surface area contributed by atoms with Gasteiger partial charge in [0.15, 0.2) is 0 Å². The van der Waals surface area contributed by atoms with Crippen molar-refractivity contribution in [3.05, 3.63) is 0 Å². The van der Waals surface area contributed by atoms with Crippen LogP contribution in [-0.2, 0) is 4.74 Å². The topological polar surface area (TPSA) is 70.6 Å².